The van der Waals surface area contributed by atoms with Crippen molar-refractivity contribution in [3.8, 4) is 0 Å². The second-order valence-electron chi connectivity index (χ2n) is 2.66. The predicted molar refractivity (Wildman–Crippen MR) is 44.9 cm³/mol. The molecule has 0 aromatic carbocycles. The van der Waals surface area contributed by atoms with Crippen molar-refractivity contribution in [3.63, 3.8) is 0 Å². The van der Waals surface area contributed by atoms with Gasteiger partial charge in [0.1, 0.15) is 0 Å². The van der Waals surface area contributed by atoms with Gasteiger partial charge in [0.15, 0.2) is 0 Å². The Morgan fingerprint density at radius 2 is 2.27 bits per heavy atom. The van der Waals surface area contributed by atoms with E-state index in [0.717, 1.165) is 13.0 Å². The van der Waals surface area contributed by atoms with Crippen LogP contribution in [0.3, 0.4) is 0 Å². The Balaban J connectivity index is 3.08. The molecule has 5 N–H and O–H groups in total. The highest BCUT2D eigenvalue weighted by molar-refractivity contribution is 5.73. The number of primary amides is 1. The fourth-order valence-corrected chi connectivity index (χ4v) is 0.694. The molecule has 0 aliphatic carbocycles. The van der Waals surface area contributed by atoms with E-state index in [1.807, 2.05) is 6.92 Å². The zero-order valence-electron chi connectivity index (χ0n) is 6.97. The number of nitrogens with two attached hydrogens (primary N) is 2. The molecule has 0 aromatic rings. The average Bonchev–Trinajstić information content (AvgIpc) is 1.97. The molecule has 0 saturated heterocycles. The van der Waals surface area contributed by atoms with Crippen LogP contribution in [0, 0.1) is 0 Å². The molecule has 0 aromatic heterocycles. The van der Waals surface area contributed by atoms with Gasteiger partial charge in [0.05, 0.1) is 0 Å². The van der Waals surface area contributed by atoms with Crippen LogP contribution in [0.25, 0.3) is 0 Å². The van der Waals surface area contributed by atoms with Gasteiger partial charge < -0.3 is 16.8 Å². The first-order chi connectivity index (χ1) is 5.16. The molecule has 0 saturated carbocycles. The number of rotatable bonds is 6. The Kier molecular flexibility index (Phi) is 5.78. The third-order valence-corrected chi connectivity index (χ3v) is 1.45. The van der Waals surface area contributed by atoms with Gasteiger partial charge in [-0.25, -0.2) is 0 Å². The maximum Gasteiger partial charge on any atom is 0.217 e. The third kappa shape index (κ3) is 7.29. The third-order valence-electron chi connectivity index (χ3n) is 1.45. The van der Waals surface area contributed by atoms with Crippen LogP contribution in [-0.2, 0) is 4.79 Å². The molecule has 0 spiro atoms. The van der Waals surface area contributed by atoms with E-state index < -0.39 is 0 Å². The summed E-state index contributed by atoms with van der Waals surface area (Å²) in [5.74, 6) is -0.243. The second-order valence-corrected chi connectivity index (χ2v) is 2.66. The number of hydrogen-bond donors (Lipinski definition) is 3. The summed E-state index contributed by atoms with van der Waals surface area (Å²) in [4.78, 5) is 10.3. The molecule has 1 atom stereocenters. The molecule has 0 radical (unpaired) electrons. The van der Waals surface area contributed by atoms with Gasteiger partial charge in [0.25, 0.3) is 0 Å². The Hall–Kier alpha value is -0.610. The molecule has 0 fully saturated rings. The highest BCUT2D eigenvalue weighted by Crippen LogP contribution is 1.85. The van der Waals surface area contributed by atoms with Crippen LogP contribution in [0.15, 0.2) is 0 Å². The first-order valence-electron chi connectivity index (χ1n) is 3.88. The van der Waals surface area contributed by atoms with E-state index in [-0.39, 0.29) is 5.91 Å². The maximum atomic E-state index is 10.3. The fraction of sp³-hybridized carbons (Fsp3) is 0.857. The van der Waals surface area contributed by atoms with Crippen LogP contribution in [0.4, 0.5) is 0 Å². The van der Waals surface area contributed by atoms with Crippen LogP contribution in [-0.4, -0.2) is 25.0 Å². The van der Waals surface area contributed by atoms with Crippen LogP contribution in [0.1, 0.15) is 19.8 Å². The summed E-state index contributed by atoms with van der Waals surface area (Å²) in [5, 5.41) is 3.15. The minimum absolute atomic E-state index is 0.243. The van der Waals surface area contributed by atoms with Crippen LogP contribution < -0.4 is 16.8 Å². The van der Waals surface area contributed by atoms with Crippen molar-refractivity contribution in [2.75, 3.05) is 13.1 Å². The van der Waals surface area contributed by atoms with E-state index in [4.69, 9.17) is 11.5 Å². The first-order valence-corrected chi connectivity index (χ1v) is 3.88. The monoisotopic (exact) mass is 159 g/mol. The fourth-order valence-electron chi connectivity index (χ4n) is 0.694. The molecular formula is C7H17N3O. The zero-order chi connectivity index (χ0) is 8.69. The van der Waals surface area contributed by atoms with Crippen molar-refractivity contribution in [1.29, 1.82) is 0 Å². The average molecular weight is 159 g/mol. The zero-order valence-corrected chi connectivity index (χ0v) is 6.97. The summed E-state index contributed by atoms with van der Waals surface area (Å²) in [7, 11) is 0. The topological polar surface area (TPSA) is 81.1 Å². The maximum absolute atomic E-state index is 10.3. The van der Waals surface area contributed by atoms with Gasteiger partial charge in [-0.05, 0) is 19.9 Å². The summed E-state index contributed by atoms with van der Waals surface area (Å²) in [5.41, 5.74) is 10.3. The molecule has 0 aliphatic heterocycles. The van der Waals surface area contributed by atoms with Gasteiger partial charge >= 0.3 is 0 Å². The number of nitrogens with one attached hydrogen (secondary N) is 1. The second kappa shape index (κ2) is 6.12. The molecule has 0 rings (SSSR count). The lowest BCUT2D eigenvalue weighted by molar-refractivity contribution is -0.118. The van der Waals surface area contributed by atoms with Gasteiger partial charge in [-0.15, -0.1) is 0 Å². The molecule has 0 bridgehead atoms. The van der Waals surface area contributed by atoms with Crippen LogP contribution in [0.5, 0.6) is 0 Å². The van der Waals surface area contributed by atoms with Crippen molar-refractivity contribution in [1.82, 2.24) is 5.32 Å². The van der Waals surface area contributed by atoms with Crippen LogP contribution >= 0.6 is 0 Å². The molecule has 1 amide bonds. The highest BCUT2D eigenvalue weighted by atomic mass is 16.1. The van der Waals surface area contributed by atoms with Gasteiger partial charge in [0, 0.05) is 19.0 Å². The summed E-state index contributed by atoms with van der Waals surface area (Å²) < 4.78 is 0. The van der Waals surface area contributed by atoms with Gasteiger partial charge in [-0.3, -0.25) is 4.79 Å². The number of hydrogen-bond acceptors (Lipinski definition) is 3. The van der Waals surface area contributed by atoms with E-state index in [1.54, 1.807) is 0 Å². The van der Waals surface area contributed by atoms with Crippen LogP contribution in [0.2, 0.25) is 0 Å². The first kappa shape index (κ1) is 10.4. The Bertz CT molecular complexity index is 116. The molecular weight excluding hydrogens is 142 g/mol. The lowest BCUT2D eigenvalue weighted by atomic mass is 10.2. The SMILES string of the molecule is CC(CN)NCCCC(N)=O. The molecule has 4 heteroatoms. The molecule has 0 heterocycles. The van der Waals surface area contributed by atoms with Crippen molar-refractivity contribution in [3.05, 3.63) is 0 Å². The largest absolute Gasteiger partial charge is 0.370 e. The minimum atomic E-state index is -0.243. The van der Waals surface area contributed by atoms with Gasteiger partial charge in [0.2, 0.25) is 5.91 Å². The van der Waals surface area contributed by atoms with Crippen molar-refractivity contribution in [2.45, 2.75) is 25.8 Å². The van der Waals surface area contributed by atoms with Gasteiger partial charge in [-0.2, -0.15) is 0 Å². The molecule has 66 valence electrons. The molecule has 0 aliphatic rings. The lowest BCUT2D eigenvalue weighted by Crippen LogP contribution is -2.34. The smallest absolute Gasteiger partial charge is 0.217 e. The molecule has 1 unspecified atom stereocenters. The van der Waals surface area contributed by atoms with E-state index in [1.165, 1.54) is 0 Å². The normalized spacial score (nSPS) is 12.9. The molecule has 11 heavy (non-hydrogen) atoms. The van der Waals surface area contributed by atoms with E-state index >= 15 is 0 Å². The number of carbonyl (C=O) groups is 1. The van der Waals surface area contributed by atoms with Crippen molar-refractivity contribution in [2.24, 2.45) is 11.5 Å². The minimum Gasteiger partial charge on any atom is -0.370 e. The summed E-state index contributed by atoms with van der Waals surface area (Å²) >= 11 is 0. The summed E-state index contributed by atoms with van der Waals surface area (Å²) in [6.07, 6.45) is 1.24. The van der Waals surface area contributed by atoms with Crippen molar-refractivity contribution < 1.29 is 4.79 Å². The summed E-state index contributed by atoms with van der Waals surface area (Å²) in [6.45, 7) is 3.43. The van der Waals surface area contributed by atoms with Gasteiger partial charge in [-0.1, -0.05) is 0 Å². The Labute approximate surface area is 67.3 Å². The summed E-state index contributed by atoms with van der Waals surface area (Å²) in [6, 6.07) is 0.322. The van der Waals surface area contributed by atoms with E-state index in [9.17, 15) is 4.79 Å². The standard InChI is InChI=1S/C7H17N3O/c1-6(5-8)10-4-2-3-7(9)11/h6,10H,2-5,8H2,1H3,(H2,9,11). The molecule has 4 nitrogen and oxygen atoms in total. The number of amides is 1. The van der Waals surface area contributed by atoms with E-state index in [0.29, 0.717) is 19.0 Å². The quantitative estimate of drug-likeness (QED) is 0.443. The predicted octanol–water partition coefficient (Wildman–Crippen LogP) is -0.811. The Morgan fingerprint density at radius 1 is 1.64 bits per heavy atom. The number of carbonyl (C=O) groups excluding carboxylic acids is 1. The van der Waals surface area contributed by atoms with Crippen molar-refractivity contribution >= 4 is 5.91 Å². The Morgan fingerprint density at radius 3 is 2.73 bits per heavy atom. The highest BCUT2D eigenvalue weighted by Gasteiger charge is 1.97. The van der Waals surface area contributed by atoms with E-state index in [2.05, 4.69) is 5.32 Å². The lowest BCUT2D eigenvalue weighted by Gasteiger charge is -2.09.